The van der Waals surface area contributed by atoms with Crippen molar-refractivity contribution in [3.8, 4) is 5.75 Å². The lowest BCUT2D eigenvalue weighted by Crippen LogP contribution is -2.14. The van der Waals surface area contributed by atoms with Crippen molar-refractivity contribution in [1.29, 1.82) is 0 Å². The lowest BCUT2D eigenvalue weighted by Gasteiger charge is -2.10. The molecule has 1 unspecified atom stereocenters. The molecule has 0 radical (unpaired) electrons. The molecule has 0 saturated heterocycles. The van der Waals surface area contributed by atoms with E-state index in [0.717, 1.165) is 11.3 Å². The summed E-state index contributed by atoms with van der Waals surface area (Å²) in [5.41, 5.74) is 0.839. The molecule has 0 aliphatic carbocycles. The zero-order chi connectivity index (χ0) is 9.68. The van der Waals surface area contributed by atoms with Crippen LogP contribution >= 0.6 is 0 Å². The number of rotatable bonds is 4. The van der Waals surface area contributed by atoms with E-state index in [-0.39, 0.29) is 0 Å². The summed E-state index contributed by atoms with van der Waals surface area (Å²) in [4.78, 5) is 0. The van der Waals surface area contributed by atoms with E-state index in [2.05, 4.69) is 5.32 Å². The Morgan fingerprint density at radius 3 is 2.46 bits per heavy atom. The third-order valence-electron chi connectivity index (χ3n) is 1.78. The Hall–Kier alpha value is -1.06. The predicted octanol–water partition coefficient (Wildman–Crippen LogP) is 1.30. The van der Waals surface area contributed by atoms with Crippen molar-refractivity contribution < 1.29 is 9.84 Å². The van der Waals surface area contributed by atoms with Crippen LogP contribution < -0.4 is 10.1 Å². The Kier molecular flexibility index (Phi) is 3.73. The summed E-state index contributed by atoms with van der Waals surface area (Å²) in [5, 5.41) is 12.1. The Bertz CT molecular complexity index is 246. The smallest absolute Gasteiger partial charge is 0.130 e. The number of hydrogen-bond donors (Lipinski definition) is 2. The Morgan fingerprint density at radius 2 is 2.00 bits per heavy atom. The van der Waals surface area contributed by atoms with Crippen LogP contribution in [0.4, 0.5) is 0 Å². The quantitative estimate of drug-likeness (QED) is 0.688. The molecule has 0 heterocycles. The van der Waals surface area contributed by atoms with E-state index in [1.165, 1.54) is 0 Å². The minimum Gasteiger partial charge on any atom is -0.494 e. The van der Waals surface area contributed by atoms with Gasteiger partial charge >= 0.3 is 0 Å². The third-order valence-corrected chi connectivity index (χ3v) is 1.78. The molecule has 0 saturated carbocycles. The highest BCUT2D eigenvalue weighted by molar-refractivity contribution is 5.28. The summed E-state index contributed by atoms with van der Waals surface area (Å²) < 4.78 is 5.27. The second-order valence-corrected chi connectivity index (χ2v) is 2.69. The summed E-state index contributed by atoms with van der Waals surface area (Å²) in [6.07, 6.45) is -0.601. The molecule has 3 nitrogen and oxygen atoms in total. The normalized spacial score (nSPS) is 12.5. The number of nitrogens with one attached hydrogen (secondary N) is 1. The monoisotopic (exact) mass is 181 g/mol. The first-order chi connectivity index (χ1) is 6.27. The van der Waals surface area contributed by atoms with E-state index in [4.69, 9.17) is 4.74 Å². The maximum Gasteiger partial charge on any atom is 0.130 e. The standard InChI is InChI=1S/C10H15NO2/c1-3-13-9-6-4-8(5-7-9)10(12)11-2/h4-7,10-12H,3H2,1-2H3. The van der Waals surface area contributed by atoms with Crippen LogP contribution in [-0.2, 0) is 0 Å². The average molecular weight is 181 g/mol. The molecule has 72 valence electrons. The molecular formula is C10H15NO2. The molecule has 0 amide bonds. The van der Waals surface area contributed by atoms with E-state index in [1.54, 1.807) is 7.05 Å². The van der Waals surface area contributed by atoms with Gasteiger partial charge in [-0.3, -0.25) is 5.32 Å². The van der Waals surface area contributed by atoms with E-state index in [9.17, 15) is 5.11 Å². The highest BCUT2D eigenvalue weighted by Gasteiger charge is 2.02. The fourth-order valence-corrected chi connectivity index (χ4v) is 1.08. The maximum atomic E-state index is 9.40. The first-order valence-electron chi connectivity index (χ1n) is 4.36. The van der Waals surface area contributed by atoms with Crippen molar-refractivity contribution in [1.82, 2.24) is 5.32 Å². The fourth-order valence-electron chi connectivity index (χ4n) is 1.08. The van der Waals surface area contributed by atoms with Gasteiger partial charge in [0.15, 0.2) is 0 Å². The van der Waals surface area contributed by atoms with Crippen LogP contribution in [0, 0.1) is 0 Å². The summed E-state index contributed by atoms with van der Waals surface area (Å²) in [7, 11) is 1.71. The molecule has 1 atom stereocenters. The minimum absolute atomic E-state index is 0.601. The summed E-state index contributed by atoms with van der Waals surface area (Å²) >= 11 is 0. The minimum atomic E-state index is -0.601. The van der Waals surface area contributed by atoms with Crippen molar-refractivity contribution in [2.24, 2.45) is 0 Å². The Morgan fingerprint density at radius 1 is 1.38 bits per heavy atom. The van der Waals surface area contributed by atoms with Gasteiger partial charge in [0.1, 0.15) is 12.0 Å². The maximum absolute atomic E-state index is 9.40. The Labute approximate surface area is 78.3 Å². The van der Waals surface area contributed by atoms with E-state index in [0.29, 0.717) is 6.61 Å². The van der Waals surface area contributed by atoms with Gasteiger partial charge < -0.3 is 9.84 Å². The molecule has 0 aliphatic rings. The highest BCUT2D eigenvalue weighted by Crippen LogP contribution is 2.15. The van der Waals surface area contributed by atoms with Gasteiger partial charge in [0.25, 0.3) is 0 Å². The number of aliphatic hydroxyl groups is 1. The zero-order valence-electron chi connectivity index (χ0n) is 7.95. The van der Waals surface area contributed by atoms with Gasteiger partial charge in [-0.2, -0.15) is 0 Å². The second kappa shape index (κ2) is 4.84. The van der Waals surface area contributed by atoms with Crippen LogP contribution in [0.3, 0.4) is 0 Å². The molecule has 0 aliphatic heterocycles. The molecular weight excluding hydrogens is 166 g/mol. The van der Waals surface area contributed by atoms with Gasteiger partial charge in [0, 0.05) is 0 Å². The Balaban J connectivity index is 2.69. The first-order valence-corrected chi connectivity index (χ1v) is 4.36. The van der Waals surface area contributed by atoms with Gasteiger partial charge in [-0.25, -0.2) is 0 Å². The first kappa shape index (κ1) is 10.0. The van der Waals surface area contributed by atoms with E-state index >= 15 is 0 Å². The van der Waals surface area contributed by atoms with Gasteiger partial charge in [-0.1, -0.05) is 12.1 Å². The molecule has 0 aromatic heterocycles. The largest absolute Gasteiger partial charge is 0.494 e. The van der Waals surface area contributed by atoms with Crippen molar-refractivity contribution in [2.75, 3.05) is 13.7 Å². The van der Waals surface area contributed by atoms with Gasteiger partial charge in [0.2, 0.25) is 0 Å². The number of hydrogen-bond acceptors (Lipinski definition) is 3. The van der Waals surface area contributed by atoms with Gasteiger partial charge in [-0.05, 0) is 31.7 Å². The van der Waals surface area contributed by atoms with Crippen LogP contribution in [0.25, 0.3) is 0 Å². The van der Waals surface area contributed by atoms with Crippen molar-refractivity contribution >= 4 is 0 Å². The van der Waals surface area contributed by atoms with Crippen molar-refractivity contribution in [3.05, 3.63) is 29.8 Å². The average Bonchev–Trinajstić information content (AvgIpc) is 2.18. The SMILES string of the molecule is CCOc1ccc(C(O)NC)cc1. The lowest BCUT2D eigenvalue weighted by atomic mass is 10.2. The second-order valence-electron chi connectivity index (χ2n) is 2.69. The molecule has 13 heavy (non-hydrogen) atoms. The summed E-state index contributed by atoms with van der Waals surface area (Å²) in [6.45, 7) is 2.60. The molecule has 0 bridgehead atoms. The van der Waals surface area contributed by atoms with Crippen LogP contribution in [-0.4, -0.2) is 18.8 Å². The highest BCUT2D eigenvalue weighted by atomic mass is 16.5. The van der Waals surface area contributed by atoms with Crippen LogP contribution in [0.2, 0.25) is 0 Å². The molecule has 0 spiro atoms. The molecule has 1 rings (SSSR count). The van der Waals surface area contributed by atoms with E-state index in [1.807, 2.05) is 31.2 Å². The predicted molar refractivity (Wildman–Crippen MR) is 51.6 cm³/mol. The van der Waals surface area contributed by atoms with Gasteiger partial charge in [0.05, 0.1) is 6.61 Å². The van der Waals surface area contributed by atoms with Crippen LogP contribution in [0.5, 0.6) is 5.75 Å². The molecule has 0 fully saturated rings. The molecule has 1 aromatic rings. The van der Waals surface area contributed by atoms with Crippen LogP contribution in [0.15, 0.2) is 24.3 Å². The van der Waals surface area contributed by atoms with Crippen molar-refractivity contribution in [2.45, 2.75) is 13.2 Å². The van der Waals surface area contributed by atoms with Crippen LogP contribution in [0.1, 0.15) is 18.7 Å². The number of benzene rings is 1. The lowest BCUT2D eigenvalue weighted by molar-refractivity contribution is 0.149. The molecule has 1 aromatic carbocycles. The van der Waals surface area contributed by atoms with Crippen molar-refractivity contribution in [3.63, 3.8) is 0 Å². The van der Waals surface area contributed by atoms with Gasteiger partial charge in [-0.15, -0.1) is 0 Å². The zero-order valence-corrected chi connectivity index (χ0v) is 7.95. The summed E-state index contributed by atoms with van der Waals surface area (Å²) in [5.74, 6) is 0.828. The number of aliphatic hydroxyl groups excluding tert-OH is 1. The molecule has 2 N–H and O–H groups in total. The fraction of sp³-hybridized carbons (Fsp3) is 0.400. The number of ether oxygens (including phenoxy) is 1. The third kappa shape index (κ3) is 2.72. The summed E-state index contributed by atoms with van der Waals surface area (Å²) in [6, 6.07) is 7.37. The topological polar surface area (TPSA) is 41.5 Å². The van der Waals surface area contributed by atoms with E-state index < -0.39 is 6.23 Å². The molecule has 3 heteroatoms.